The van der Waals surface area contributed by atoms with Gasteiger partial charge in [0.25, 0.3) is 0 Å². The Morgan fingerprint density at radius 1 is 1.06 bits per heavy atom. The summed E-state index contributed by atoms with van der Waals surface area (Å²) in [6.07, 6.45) is 0.521. The molecule has 1 rings (SSSR count). The number of esters is 4. The van der Waals surface area contributed by atoms with Gasteiger partial charge >= 0.3 is 23.9 Å². The van der Waals surface area contributed by atoms with E-state index in [1.54, 1.807) is 13.2 Å². The Hall–Kier alpha value is -2.67. The maximum absolute atomic E-state index is 11.7. The molecule has 13 heteroatoms. The molecule has 0 aliphatic heterocycles. The highest BCUT2D eigenvalue weighted by molar-refractivity contribution is 7.99. The fraction of sp³-hybridized carbons (Fsp3) is 0.667. The van der Waals surface area contributed by atoms with E-state index in [1.807, 2.05) is 0 Å². The molecule has 31 heavy (non-hydrogen) atoms. The predicted molar refractivity (Wildman–Crippen MR) is 107 cm³/mol. The Morgan fingerprint density at radius 3 is 2.23 bits per heavy atom. The topological polar surface area (TPSA) is 145 Å². The second kappa shape index (κ2) is 12.9. The van der Waals surface area contributed by atoms with Crippen molar-refractivity contribution in [2.75, 3.05) is 20.0 Å². The molecule has 1 aromatic heterocycles. The van der Waals surface area contributed by atoms with Crippen molar-refractivity contribution >= 4 is 35.6 Å². The Bertz CT molecular complexity index is 770. The van der Waals surface area contributed by atoms with E-state index in [9.17, 15) is 19.2 Å². The molecule has 0 bridgehead atoms. The van der Waals surface area contributed by atoms with Crippen molar-refractivity contribution in [1.29, 1.82) is 0 Å². The monoisotopic (exact) mass is 461 g/mol. The number of thioether (sulfide) groups is 1. The third-order valence-corrected chi connectivity index (χ3v) is 4.72. The number of ether oxygens (including phenoxy) is 5. The molecule has 0 N–H and O–H groups in total. The van der Waals surface area contributed by atoms with Crippen molar-refractivity contribution in [3.8, 4) is 0 Å². The van der Waals surface area contributed by atoms with Gasteiger partial charge in [-0.25, -0.2) is 9.48 Å². The summed E-state index contributed by atoms with van der Waals surface area (Å²) in [6.45, 7) is 5.06. The van der Waals surface area contributed by atoms with Gasteiger partial charge in [-0.1, -0.05) is 5.21 Å². The summed E-state index contributed by atoms with van der Waals surface area (Å²) in [7, 11) is 1.21. The van der Waals surface area contributed by atoms with Crippen LogP contribution in [-0.2, 0) is 44.6 Å². The molecule has 0 spiro atoms. The SMILES string of the molecule is COC(=O)c1cn(C[C@@H](OC(C)=O)C(COC(C)=O)O[C@@H](SC)[C@H](C)OC(C)=O)nn1. The lowest BCUT2D eigenvalue weighted by Gasteiger charge is -2.31. The summed E-state index contributed by atoms with van der Waals surface area (Å²) in [5.41, 5.74) is -0.684. The number of methoxy groups -OCH3 is 1. The molecule has 1 unspecified atom stereocenters. The van der Waals surface area contributed by atoms with Crippen LogP contribution in [0, 0.1) is 0 Å². The van der Waals surface area contributed by atoms with Gasteiger partial charge < -0.3 is 23.7 Å². The van der Waals surface area contributed by atoms with Gasteiger partial charge in [0.15, 0.2) is 11.8 Å². The van der Waals surface area contributed by atoms with Gasteiger partial charge in [0, 0.05) is 20.8 Å². The van der Waals surface area contributed by atoms with E-state index in [0.717, 1.165) is 0 Å². The fourth-order valence-corrected chi connectivity index (χ4v) is 3.19. The largest absolute Gasteiger partial charge is 0.464 e. The lowest BCUT2D eigenvalue weighted by molar-refractivity contribution is -0.172. The summed E-state index contributed by atoms with van der Waals surface area (Å²) in [6, 6.07) is 0. The Kier molecular flexibility index (Phi) is 11.0. The van der Waals surface area contributed by atoms with E-state index in [2.05, 4.69) is 15.0 Å². The predicted octanol–water partition coefficient (Wildman–Crippen LogP) is 0.585. The highest BCUT2D eigenvalue weighted by Crippen LogP contribution is 2.21. The second-order valence-electron chi connectivity index (χ2n) is 6.36. The summed E-state index contributed by atoms with van der Waals surface area (Å²) >= 11 is 1.26. The zero-order valence-electron chi connectivity index (χ0n) is 18.2. The molecule has 0 saturated carbocycles. The number of rotatable bonds is 12. The van der Waals surface area contributed by atoms with Crippen LogP contribution in [0.5, 0.6) is 0 Å². The molecule has 0 radical (unpaired) electrons. The molecular weight excluding hydrogens is 434 g/mol. The summed E-state index contributed by atoms with van der Waals surface area (Å²) in [4.78, 5) is 46.0. The van der Waals surface area contributed by atoms with Gasteiger partial charge in [-0.05, 0) is 13.2 Å². The van der Waals surface area contributed by atoms with E-state index in [1.165, 1.54) is 50.5 Å². The number of hydrogen-bond donors (Lipinski definition) is 0. The van der Waals surface area contributed by atoms with Crippen LogP contribution in [0.2, 0.25) is 0 Å². The molecule has 4 atom stereocenters. The lowest BCUT2D eigenvalue weighted by Crippen LogP contribution is -2.44. The lowest BCUT2D eigenvalue weighted by atomic mass is 10.2. The Balaban J connectivity index is 3.11. The smallest absolute Gasteiger partial charge is 0.360 e. The summed E-state index contributed by atoms with van der Waals surface area (Å²) in [5, 5.41) is 7.52. The van der Waals surface area contributed by atoms with Crippen LogP contribution < -0.4 is 0 Å². The molecule has 0 amide bonds. The van der Waals surface area contributed by atoms with Crippen molar-refractivity contribution in [3.63, 3.8) is 0 Å². The molecule has 0 aliphatic carbocycles. The number of carbonyl (C=O) groups excluding carboxylic acids is 4. The molecule has 12 nitrogen and oxygen atoms in total. The number of carbonyl (C=O) groups is 4. The normalized spacial score (nSPS) is 14.6. The van der Waals surface area contributed by atoms with Gasteiger partial charge in [0.1, 0.15) is 24.3 Å². The molecule has 0 fully saturated rings. The molecule has 174 valence electrons. The second-order valence-corrected chi connectivity index (χ2v) is 7.30. The average molecular weight is 461 g/mol. The number of nitrogens with zero attached hydrogens (tertiary/aromatic N) is 3. The van der Waals surface area contributed by atoms with Crippen molar-refractivity contribution in [3.05, 3.63) is 11.9 Å². The highest BCUT2D eigenvalue weighted by atomic mass is 32.2. The van der Waals surface area contributed by atoms with Crippen molar-refractivity contribution in [2.45, 2.75) is 58.0 Å². The molecular formula is C18H27N3O9S. The van der Waals surface area contributed by atoms with E-state index in [-0.39, 0.29) is 18.8 Å². The first kappa shape index (κ1) is 26.4. The average Bonchev–Trinajstić information content (AvgIpc) is 3.14. The molecule has 0 aliphatic rings. The van der Waals surface area contributed by atoms with Crippen molar-refractivity contribution in [1.82, 2.24) is 15.0 Å². The van der Waals surface area contributed by atoms with Crippen LogP contribution >= 0.6 is 11.8 Å². The first-order valence-corrected chi connectivity index (χ1v) is 10.5. The van der Waals surface area contributed by atoms with Gasteiger partial charge in [-0.3, -0.25) is 14.4 Å². The molecule has 1 heterocycles. The quantitative estimate of drug-likeness (QED) is 0.244. The van der Waals surface area contributed by atoms with E-state index >= 15 is 0 Å². The third kappa shape index (κ3) is 9.34. The minimum Gasteiger partial charge on any atom is -0.464 e. The third-order valence-electron chi connectivity index (χ3n) is 3.76. The zero-order valence-corrected chi connectivity index (χ0v) is 19.0. The van der Waals surface area contributed by atoms with Crippen LogP contribution in [0.1, 0.15) is 38.2 Å². The van der Waals surface area contributed by atoms with Gasteiger partial charge in [0.05, 0.1) is 19.9 Å². The number of aromatic nitrogens is 3. The van der Waals surface area contributed by atoms with Crippen LogP contribution in [0.15, 0.2) is 6.20 Å². The maximum Gasteiger partial charge on any atom is 0.360 e. The fourth-order valence-electron chi connectivity index (χ4n) is 2.50. The minimum atomic E-state index is -0.969. The van der Waals surface area contributed by atoms with E-state index < -0.39 is 47.6 Å². The van der Waals surface area contributed by atoms with E-state index in [0.29, 0.717) is 0 Å². The van der Waals surface area contributed by atoms with Crippen molar-refractivity contribution in [2.24, 2.45) is 0 Å². The van der Waals surface area contributed by atoms with E-state index in [4.69, 9.17) is 18.9 Å². The van der Waals surface area contributed by atoms with Crippen LogP contribution in [0.25, 0.3) is 0 Å². The zero-order chi connectivity index (χ0) is 23.6. The van der Waals surface area contributed by atoms with Crippen LogP contribution in [-0.4, -0.2) is 82.6 Å². The maximum atomic E-state index is 11.7. The Labute approximate surface area is 183 Å². The standard InChI is InChI=1S/C18H27N3O9S/c1-10(28-12(3)23)18(31-6)30-16(9-27-11(2)22)15(29-13(4)24)8-21-7-14(19-20-21)17(25)26-5/h7,10,15-16,18H,8-9H2,1-6H3/t10-,15+,16?,18-/m0/s1. The summed E-state index contributed by atoms with van der Waals surface area (Å²) < 4.78 is 27.5. The molecule has 0 aromatic carbocycles. The van der Waals surface area contributed by atoms with Crippen LogP contribution in [0.3, 0.4) is 0 Å². The van der Waals surface area contributed by atoms with Gasteiger partial charge in [-0.15, -0.1) is 16.9 Å². The number of hydrogen-bond acceptors (Lipinski definition) is 12. The minimum absolute atomic E-state index is 0.0352. The van der Waals surface area contributed by atoms with Crippen molar-refractivity contribution < 1.29 is 42.9 Å². The first-order chi connectivity index (χ1) is 14.6. The molecule has 0 saturated heterocycles. The van der Waals surface area contributed by atoms with Crippen LogP contribution in [0.4, 0.5) is 0 Å². The van der Waals surface area contributed by atoms with Gasteiger partial charge in [0.2, 0.25) is 0 Å². The first-order valence-electron chi connectivity index (χ1n) is 9.21. The molecule has 1 aromatic rings. The highest BCUT2D eigenvalue weighted by Gasteiger charge is 2.33. The van der Waals surface area contributed by atoms with Gasteiger partial charge in [-0.2, -0.15) is 0 Å². The Morgan fingerprint density at radius 2 is 1.71 bits per heavy atom. The summed E-state index contributed by atoms with van der Waals surface area (Å²) in [5.74, 6) is -2.33.